The number of ether oxygens (including phenoxy) is 2. The maximum Gasteiger partial charge on any atom is 0.414 e. The zero-order valence-electron chi connectivity index (χ0n) is 18.1. The predicted octanol–water partition coefficient (Wildman–Crippen LogP) is 1.88. The van der Waals surface area contributed by atoms with Gasteiger partial charge in [0.15, 0.2) is 11.6 Å². The highest BCUT2D eigenvalue weighted by atomic mass is 19.1. The van der Waals surface area contributed by atoms with Gasteiger partial charge < -0.3 is 19.7 Å². The van der Waals surface area contributed by atoms with E-state index in [-0.39, 0.29) is 54.7 Å². The second-order valence-corrected chi connectivity index (χ2v) is 8.74. The van der Waals surface area contributed by atoms with E-state index in [1.165, 1.54) is 4.90 Å². The van der Waals surface area contributed by atoms with Crippen LogP contribution in [-0.2, 0) is 9.47 Å². The molecule has 6 rings (SSSR count). The van der Waals surface area contributed by atoms with Crippen LogP contribution in [0.1, 0.15) is 20.7 Å². The van der Waals surface area contributed by atoms with Crippen LogP contribution in [0.25, 0.3) is 0 Å². The Balaban J connectivity index is 1.17. The number of halogens is 2. The zero-order chi connectivity index (χ0) is 24.4. The Morgan fingerprint density at radius 2 is 1.57 bits per heavy atom. The molecule has 12 heteroatoms. The summed E-state index contributed by atoms with van der Waals surface area (Å²) in [4.78, 5) is 52.4. The number of benzene rings is 2. The maximum absolute atomic E-state index is 15.0. The van der Waals surface area contributed by atoms with E-state index in [2.05, 4.69) is 5.32 Å². The van der Waals surface area contributed by atoms with E-state index in [0.717, 1.165) is 21.9 Å². The van der Waals surface area contributed by atoms with Crippen LogP contribution in [-0.4, -0.2) is 73.3 Å². The summed E-state index contributed by atoms with van der Waals surface area (Å²) < 4.78 is 40.3. The fourth-order valence-electron chi connectivity index (χ4n) is 4.98. The number of hydrogen-bond donors (Lipinski definition) is 1. The Kier molecular flexibility index (Phi) is 4.66. The Morgan fingerprint density at radius 3 is 2.20 bits per heavy atom. The summed E-state index contributed by atoms with van der Waals surface area (Å²) in [6.07, 6.45) is -2.77. The summed E-state index contributed by atoms with van der Waals surface area (Å²) in [7, 11) is 0. The van der Waals surface area contributed by atoms with E-state index in [1.54, 1.807) is 24.3 Å². The molecule has 3 fully saturated rings. The molecule has 3 saturated heterocycles. The number of carbonyl (C=O) groups excluding carboxylic acids is 4. The van der Waals surface area contributed by atoms with Crippen LogP contribution in [0.15, 0.2) is 36.4 Å². The van der Waals surface area contributed by atoms with Crippen molar-refractivity contribution in [1.82, 2.24) is 10.2 Å². The van der Waals surface area contributed by atoms with E-state index in [0.29, 0.717) is 0 Å². The molecule has 0 aromatic heterocycles. The topological polar surface area (TPSA) is 108 Å². The van der Waals surface area contributed by atoms with Gasteiger partial charge in [0.1, 0.15) is 17.9 Å². The molecule has 35 heavy (non-hydrogen) atoms. The number of imide groups is 1. The van der Waals surface area contributed by atoms with Gasteiger partial charge in [0.2, 0.25) is 0 Å². The number of fused-ring (bicyclic) bond motifs is 2. The van der Waals surface area contributed by atoms with Gasteiger partial charge in [-0.15, -0.1) is 0 Å². The molecule has 4 heterocycles. The first-order valence-electron chi connectivity index (χ1n) is 10.9. The smallest absolute Gasteiger partial charge is 0.414 e. The Hall–Kier alpha value is -4.22. The van der Waals surface area contributed by atoms with Crippen LogP contribution in [0, 0.1) is 11.6 Å². The second-order valence-electron chi connectivity index (χ2n) is 8.74. The van der Waals surface area contributed by atoms with Crippen molar-refractivity contribution in [2.24, 2.45) is 0 Å². The van der Waals surface area contributed by atoms with E-state index in [4.69, 9.17) is 9.47 Å². The van der Waals surface area contributed by atoms with Gasteiger partial charge >= 0.3 is 12.2 Å². The third-order valence-corrected chi connectivity index (χ3v) is 6.60. The lowest BCUT2D eigenvalue weighted by Crippen LogP contribution is -2.38. The highest BCUT2D eigenvalue weighted by Gasteiger charge is 2.44. The standard InChI is InChI=1S/C23H18F2N4O6/c24-15-5-11(6-16(25)19(15)27-9-17-18(10-27)35-22(32)26-17)28-7-12(34-23(28)33)8-29-20(30)13-3-1-2-4-14(13)21(29)31/h1-6,12,17-18H,7-10H2,(H,26,32)/t12-,17-,18+/m1/s1. The van der Waals surface area contributed by atoms with Crippen molar-refractivity contribution in [2.45, 2.75) is 18.2 Å². The number of cyclic esters (lactones) is 1. The summed E-state index contributed by atoms with van der Waals surface area (Å²) >= 11 is 0. The van der Waals surface area contributed by atoms with Gasteiger partial charge in [-0.2, -0.15) is 0 Å². The fraction of sp³-hybridized carbons (Fsp3) is 0.304. The van der Waals surface area contributed by atoms with Gasteiger partial charge in [0.05, 0.1) is 42.5 Å². The molecule has 3 atom stereocenters. The molecular formula is C23H18F2N4O6. The molecule has 1 N–H and O–H groups in total. The molecule has 4 aliphatic heterocycles. The van der Waals surface area contributed by atoms with Crippen LogP contribution in [0.4, 0.5) is 29.7 Å². The van der Waals surface area contributed by atoms with E-state index in [9.17, 15) is 28.0 Å². The SMILES string of the molecule is O=C1N[C@@H]2CN(c3c(F)cc(N4C[C@H](CN5C(=O)c6ccccc6C5=O)OC4=O)cc3F)C[C@@H]2O1. The highest BCUT2D eigenvalue weighted by molar-refractivity contribution is 6.21. The minimum absolute atomic E-state index is 0.0532. The molecule has 0 saturated carbocycles. The van der Waals surface area contributed by atoms with Crippen LogP contribution >= 0.6 is 0 Å². The lowest BCUT2D eigenvalue weighted by Gasteiger charge is -2.22. The predicted molar refractivity (Wildman–Crippen MR) is 115 cm³/mol. The molecular weight excluding hydrogens is 466 g/mol. The number of rotatable bonds is 4. The number of nitrogens with zero attached hydrogens (tertiary/aromatic N) is 3. The van der Waals surface area contributed by atoms with E-state index < -0.39 is 47.8 Å². The molecule has 0 aliphatic carbocycles. The maximum atomic E-state index is 15.0. The van der Waals surface area contributed by atoms with E-state index in [1.807, 2.05) is 0 Å². The highest BCUT2D eigenvalue weighted by Crippen LogP contribution is 2.34. The molecule has 2 aromatic carbocycles. The van der Waals surface area contributed by atoms with Gasteiger partial charge in [-0.1, -0.05) is 12.1 Å². The molecule has 0 radical (unpaired) electrons. The monoisotopic (exact) mass is 484 g/mol. The van der Waals surface area contributed by atoms with Gasteiger partial charge in [0.25, 0.3) is 11.8 Å². The summed E-state index contributed by atoms with van der Waals surface area (Å²) in [5.41, 5.74) is 0.211. The Morgan fingerprint density at radius 1 is 0.914 bits per heavy atom. The summed E-state index contributed by atoms with van der Waals surface area (Å²) in [5, 5.41) is 2.59. The molecule has 0 bridgehead atoms. The molecule has 2 aromatic rings. The Labute approximate surface area is 197 Å². The van der Waals surface area contributed by atoms with E-state index >= 15 is 0 Å². The van der Waals surface area contributed by atoms with Crippen LogP contribution in [0.3, 0.4) is 0 Å². The number of amides is 4. The second kappa shape index (κ2) is 7.65. The number of nitrogens with one attached hydrogen (secondary N) is 1. The van der Waals surface area contributed by atoms with Crippen molar-refractivity contribution in [1.29, 1.82) is 0 Å². The third-order valence-electron chi connectivity index (χ3n) is 6.60. The van der Waals surface area contributed by atoms with Crippen molar-refractivity contribution in [3.05, 3.63) is 59.2 Å². The quantitative estimate of drug-likeness (QED) is 0.661. The van der Waals surface area contributed by atoms with Crippen molar-refractivity contribution in [2.75, 3.05) is 36.0 Å². The summed E-state index contributed by atoms with van der Waals surface area (Å²) in [6, 6.07) is 8.07. The van der Waals surface area contributed by atoms with Crippen molar-refractivity contribution in [3.8, 4) is 0 Å². The minimum atomic E-state index is -0.886. The third kappa shape index (κ3) is 3.35. The molecule has 0 unspecified atom stereocenters. The first-order chi connectivity index (χ1) is 16.8. The van der Waals surface area contributed by atoms with Crippen molar-refractivity contribution in [3.63, 3.8) is 0 Å². The van der Waals surface area contributed by atoms with Gasteiger partial charge in [-0.25, -0.2) is 18.4 Å². The fourth-order valence-corrected chi connectivity index (χ4v) is 4.98. The van der Waals surface area contributed by atoms with Gasteiger partial charge in [-0.3, -0.25) is 19.4 Å². The molecule has 4 amide bonds. The summed E-state index contributed by atoms with van der Waals surface area (Å²) in [6.45, 7) is 0.0283. The normalized spacial score (nSPS) is 25.1. The van der Waals surface area contributed by atoms with Crippen LogP contribution < -0.4 is 15.1 Å². The van der Waals surface area contributed by atoms with Gasteiger partial charge in [-0.05, 0) is 12.1 Å². The van der Waals surface area contributed by atoms with Crippen LogP contribution in [0.2, 0.25) is 0 Å². The largest absolute Gasteiger partial charge is 0.442 e. The van der Waals surface area contributed by atoms with Crippen molar-refractivity contribution < 1.29 is 37.4 Å². The number of hydrogen-bond acceptors (Lipinski definition) is 7. The molecule has 0 spiro atoms. The number of alkyl carbamates (subject to hydrolysis) is 1. The van der Waals surface area contributed by atoms with Crippen LogP contribution in [0.5, 0.6) is 0 Å². The number of carbonyl (C=O) groups is 4. The Bertz CT molecular complexity index is 1230. The average molecular weight is 484 g/mol. The van der Waals surface area contributed by atoms with Crippen molar-refractivity contribution >= 4 is 35.4 Å². The molecule has 4 aliphatic rings. The average Bonchev–Trinajstić information content (AvgIpc) is 3.52. The first-order valence-corrected chi connectivity index (χ1v) is 10.9. The first kappa shape index (κ1) is 21.3. The lowest BCUT2D eigenvalue weighted by molar-refractivity contribution is 0.0558. The lowest BCUT2D eigenvalue weighted by atomic mass is 10.1. The zero-order valence-corrected chi connectivity index (χ0v) is 18.1. The minimum Gasteiger partial charge on any atom is -0.442 e. The van der Waals surface area contributed by atoms with Gasteiger partial charge in [0, 0.05) is 18.7 Å². The number of anilines is 2. The molecule has 180 valence electrons. The molecule has 10 nitrogen and oxygen atoms in total. The summed E-state index contributed by atoms with van der Waals surface area (Å²) in [5.74, 6) is -2.75.